The number of hydrogen-bond donors (Lipinski definition) is 1. The zero-order valence-corrected chi connectivity index (χ0v) is 7.81. The molecule has 0 bridgehead atoms. The molecule has 0 aliphatic carbocycles. The van der Waals surface area contributed by atoms with Crippen LogP contribution in [0, 0.1) is 11.3 Å². The zero-order chi connectivity index (χ0) is 11.6. The van der Waals surface area contributed by atoms with E-state index in [2.05, 4.69) is 0 Å². The molecular formula is C8H3ClF2N2O2. The van der Waals surface area contributed by atoms with Crippen molar-refractivity contribution in [2.45, 2.75) is 6.43 Å². The second kappa shape index (κ2) is 4.19. The summed E-state index contributed by atoms with van der Waals surface area (Å²) in [6, 6.07) is 1.96. The second-order valence-corrected chi connectivity index (χ2v) is 2.87. The minimum absolute atomic E-state index is 0.543. The molecule has 0 unspecified atom stereocenters. The van der Waals surface area contributed by atoms with Crippen LogP contribution in [0.2, 0.25) is 0 Å². The molecule has 0 radical (unpaired) electrons. The molecule has 0 aliphatic rings. The van der Waals surface area contributed by atoms with E-state index in [-0.39, 0.29) is 0 Å². The zero-order valence-electron chi connectivity index (χ0n) is 7.05. The summed E-state index contributed by atoms with van der Waals surface area (Å²) >= 11 is 5.03. The van der Waals surface area contributed by atoms with Gasteiger partial charge in [0.05, 0.1) is 5.69 Å². The number of H-pyrrole nitrogens is 1. The molecule has 0 amide bonds. The van der Waals surface area contributed by atoms with E-state index >= 15 is 0 Å². The van der Waals surface area contributed by atoms with Crippen molar-refractivity contribution < 1.29 is 13.6 Å². The molecule has 15 heavy (non-hydrogen) atoms. The first kappa shape index (κ1) is 11.3. The normalized spacial score (nSPS) is 10.1. The summed E-state index contributed by atoms with van der Waals surface area (Å²) in [5.41, 5.74) is -2.90. The van der Waals surface area contributed by atoms with E-state index < -0.39 is 34.0 Å². The Morgan fingerprint density at radius 2 is 2.20 bits per heavy atom. The number of hydrogen-bond acceptors (Lipinski definition) is 3. The molecule has 0 spiro atoms. The van der Waals surface area contributed by atoms with Gasteiger partial charge in [-0.2, -0.15) is 5.26 Å². The van der Waals surface area contributed by atoms with Gasteiger partial charge in [-0.25, -0.2) is 8.78 Å². The van der Waals surface area contributed by atoms with Crippen LogP contribution in [0.15, 0.2) is 10.9 Å². The molecule has 0 aromatic carbocycles. The molecule has 0 saturated heterocycles. The Kier molecular flexibility index (Phi) is 3.17. The maximum atomic E-state index is 12.2. The monoisotopic (exact) mass is 232 g/mol. The summed E-state index contributed by atoms with van der Waals surface area (Å²) in [6.07, 6.45) is -2.93. The minimum atomic E-state index is -2.93. The van der Waals surface area contributed by atoms with Crippen LogP contribution in [0.1, 0.15) is 28.2 Å². The van der Waals surface area contributed by atoms with Gasteiger partial charge in [0, 0.05) is 6.07 Å². The summed E-state index contributed by atoms with van der Waals surface area (Å²) in [5.74, 6) is 0. The van der Waals surface area contributed by atoms with Crippen LogP contribution in [-0.4, -0.2) is 10.2 Å². The van der Waals surface area contributed by atoms with E-state index in [1.54, 1.807) is 0 Å². The summed E-state index contributed by atoms with van der Waals surface area (Å²) < 4.78 is 24.4. The van der Waals surface area contributed by atoms with E-state index in [4.69, 9.17) is 16.9 Å². The third kappa shape index (κ3) is 2.19. The fourth-order valence-electron chi connectivity index (χ4n) is 0.976. The second-order valence-electron chi connectivity index (χ2n) is 2.53. The van der Waals surface area contributed by atoms with Crippen LogP contribution in [0.25, 0.3) is 0 Å². The van der Waals surface area contributed by atoms with Crippen LogP contribution in [0.5, 0.6) is 0 Å². The maximum absolute atomic E-state index is 12.2. The van der Waals surface area contributed by atoms with E-state index in [0.29, 0.717) is 6.07 Å². The van der Waals surface area contributed by atoms with Gasteiger partial charge < -0.3 is 4.98 Å². The molecule has 1 aromatic heterocycles. The van der Waals surface area contributed by atoms with Crippen LogP contribution in [0.3, 0.4) is 0 Å². The first-order valence-corrected chi connectivity index (χ1v) is 4.00. The summed E-state index contributed by atoms with van der Waals surface area (Å²) in [5, 5.41) is 7.36. The van der Waals surface area contributed by atoms with Crippen LogP contribution in [0.4, 0.5) is 8.78 Å². The molecular weight excluding hydrogens is 230 g/mol. The fraction of sp³-hybridized carbons (Fsp3) is 0.125. The van der Waals surface area contributed by atoms with Gasteiger partial charge in [0.1, 0.15) is 17.3 Å². The highest BCUT2D eigenvalue weighted by Crippen LogP contribution is 2.16. The predicted molar refractivity (Wildman–Crippen MR) is 46.9 cm³/mol. The molecule has 0 fully saturated rings. The Balaban J connectivity index is 3.54. The van der Waals surface area contributed by atoms with Crippen molar-refractivity contribution in [1.82, 2.24) is 4.98 Å². The number of aromatic nitrogens is 1. The summed E-state index contributed by atoms with van der Waals surface area (Å²) in [6.45, 7) is 0. The average Bonchev–Trinajstić information content (AvgIpc) is 2.15. The molecule has 1 heterocycles. The first-order valence-electron chi connectivity index (χ1n) is 3.62. The number of nitrogens with zero attached hydrogens (tertiary/aromatic N) is 1. The van der Waals surface area contributed by atoms with Gasteiger partial charge in [0.25, 0.3) is 11.7 Å². The van der Waals surface area contributed by atoms with Crippen molar-refractivity contribution in [3.63, 3.8) is 0 Å². The van der Waals surface area contributed by atoms with E-state index in [1.165, 1.54) is 6.07 Å². The molecule has 1 rings (SSSR count). The topological polar surface area (TPSA) is 73.7 Å². The van der Waals surface area contributed by atoms with Gasteiger partial charge in [-0.3, -0.25) is 9.59 Å². The predicted octanol–water partition coefficient (Wildman–Crippen LogP) is 1.56. The Morgan fingerprint density at radius 3 is 2.60 bits per heavy atom. The first-order chi connectivity index (χ1) is 6.97. The molecule has 1 aromatic rings. The van der Waals surface area contributed by atoms with Crippen molar-refractivity contribution in [3.05, 3.63) is 33.2 Å². The smallest absolute Gasteiger partial charge is 0.278 e. The van der Waals surface area contributed by atoms with Crippen LogP contribution < -0.4 is 5.43 Å². The van der Waals surface area contributed by atoms with Gasteiger partial charge >= 0.3 is 0 Å². The lowest BCUT2D eigenvalue weighted by Crippen LogP contribution is -2.16. The third-order valence-corrected chi connectivity index (χ3v) is 1.78. The van der Waals surface area contributed by atoms with E-state index in [9.17, 15) is 18.4 Å². The number of alkyl halides is 2. The highest BCUT2D eigenvalue weighted by Gasteiger charge is 2.18. The number of carbonyl (C=O) groups is 1. The fourth-order valence-corrected chi connectivity index (χ4v) is 1.16. The van der Waals surface area contributed by atoms with Gasteiger partial charge in [-0.05, 0) is 11.6 Å². The summed E-state index contributed by atoms with van der Waals surface area (Å²) in [7, 11) is 0. The van der Waals surface area contributed by atoms with E-state index in [0.717, 1.165) is 0 Å². The largest absolute Gasteiger partial charge is 0.345 e. The molecule has 4 nitrogen and oxygen atoms in total. The number of nitriles is 1. The lowest BCUT2D eigenvalue weighted by molar-refractivity contribution is 0.107. The Hall–Kier alpha value is -1.74. The highest BCUT2D eigenvalue weighted by molar-refractivity contribution is 6.67. The molecule has 0 atom stereocenters. The standard InChI is InChI=1S/C8H3ClF2N2O2/c9-7(15)6-4(2-12)13-3(8(10)11)1-5(6)14/h1,8H,(H,13,14). The maximum Gasteiger partial charge on any atom is 0.278 e. The number of nitrogens with one attached hydrogen (secondary N) is 1. The Labute approximate surface area is 87.1 Å². The minimum Gasteiger partial charge on any atom is -0.345 e. The van der Waals surface area contributed by atoms with Gasteiger partial charge in [0.15, 0.2) is 5.43 Å². The van der Waals surface area contributed by atoms with Crippen molar-refractivity contribution >= 4 is 16.8 Å². The number of carbonyl (C=O) groups excluding carboxylic acids is 1. The van der Waals surface area contributed by atoms with Crippen molar-refractivity contribution in [2.24, 2.45) is 0 Å². The average molecular weight is 233 g/mol. The lowest BCUT2D eigenvalue weighted by atomic mass is 10.2. The molecule has 0 aliphatic heterocycles. The SMILES string of the molecule is N#Cc1[nH]c(C(F)F)cc(=O)c1C(=O)Cl. The highest BCUT2D eigenvalue weighted by atomic mass is 35.5. The Bertz CT molecular complexity index is 504. The molecule has 0 saturated carbocycles. The van der Waals surface area contributed by atoms with Crippen molar-refractivity contribution in [3.8, 4) is 6.07 Å². The third-order valence-electron chi connectivity index (χ3n) is 1.60. The number of aromatic amines is 1. The quantitative estimate of drug-likeness (QED) is 0.787. The molecule has 78 valence electrons. The van der Waals surface area contributed by atoms with Crippen LogP contribution in [-0.2, 0) is 0 Å². The molecule has 1 N–H and O–H groups in total. The van der Waals surface area contributed by atoms with Crippen molar-refractivity contribution in [2.75, 3.05) is 0 Å². The number of pyridine rings is 1. The summed E-state index contributed by atoms with van der Waals surface area (Å²) in [4.78, 5) is 23.9. The van der Waals surface area contributed by atoms with Crippen molar-refractivity contribution in [1.29, 1.82) is 5.26 Å². The van der Waals surface area contributed by atoms with Gasteiger partial charge in [-0.1, -0.05) is 0 Å². The van der Waals surface area contributed by atoms with Gasteiger partial charge in [0.2, 0.25) is 0 Å². The number of rotatable bonds is 2. The lowest BCUT2D eigenvalue weighted by Gasteiger charge is -2.02. The number of halogens is 3. The Morgan fingerprint density at radius 1 is 1.60 bits per heavy atom. The van der Waals surface area contributed by atoms with Crippen LogP contribution >= 0.6 is 11.6 Å². The van der Waals surface area contributed by atoms with Gasteiger partial charge in [-0.15, -0.1) is 0 Å². The van der Waals surface area contributed by atoms with E-state index in [1.807, 2.05) is 4.98 Å². The molecule has 7 heteroatoms.